The van der Waals surface area contributed by atoms with Crippen LogP contribution < -0.4 is 0 Å². The summed E-state index contributed by atoms with van der Waals surface area (Å²) in [5, 5.41) is 20.4. The average Bonchev–Trinajstić information content (AvgIpc) is 2.58. The van der Waals surface area contributed by atoms with E-state index < -0.39 is 0 Å². The molecule has 2 rings (SSSR count). The van der Waals surface area contributed by atoms with Gasteiger partial charge in [-0.3, -0.25) is 4.57 Å². The summed E-state index contributed by atoms with van der Waals surface area (Å²) in [6.45, 7) is 1.93. The summed E-state index contributed by atoms with van der Waals surface area (Å²) in [7, 11) is 0. The molecule has 2 N–H and O–H groups in total. The fraction of sp³-hybridized carbons (Fsp3) is 0.167. The molecule has 0 saturated carbocycles. The largest absolute Gasteiger partial charge is 0.494 e. The summed E-state index contributed by atoms with van der Waals surface area (Å²) in [5.74, 6) is 0.0822. The number of hydrogen-bond donors (Lipinski definition) is 2. The highest BCUT2D eigenvalue weighted by atomic mass is 79.9. The van der Waals surface area contributed by atoms with Crippen LogP contribution in [-0.2, 0) is 5.33 Å². The smallest absolute Gasteiger partial charge is 0.202 e. The summed E-state index contributed by atoms with van der Waals surface area (Å²) >= 11 is 6.65. The van der Waals surface area contributed by atoms with Crippen molar-refractivity contribution < 1.29 is 10.2 Å². The molecule has 90 valence electrons. The summed E-state index contributed by atoms with van der Waals surface area (Å²) in [4.78, 5) is 0. The Balaban J connectivity index is 2.68. The standard InChI is InChI=1S/C12H11Br2NO2/c1-7-2-3-9(14)5-10(7)15-11(16)4-8(6-13)12(15)17/h2-5,16-17H,6H2,1H3. The van der Waals surface area contributed by atoms with Crippen molar-refractivity contribution >= 4 is 31.9 Å². The van der Waals surface area contributed by atoms with Crippen LogP contribution in [0, 0.1) is 6.92 Å². The summed E-state index contributed by atoms with van der Waals surface area (Å²) in [5.41, 5.74) is 2.37. The van der Waals surface area contributed by atoms with Crippen molar-refractivity contribution in [1.29, 1.82) is 0 Å². The molecule has 0 fully saturated rings. The van der Waals surface area contributed by atoms with E-state index in [1.54, 1.807) is 6.07 Å². The Morgan fingerprint density at radius 1 is 1.24 bits per heavy atom. The number of aromatic hydroxyl groups is 2. The number of rotatable bonds is 2. The Morgan fingerprint density at radius 3 is 2.53 bits per heavy atom. The van der Waals surface area contributed by atoms with E-state index in [-0.39, 0.29) is 11.8 Å². The van der Waals surface area contributed by atoms with Crippen LogP contribution in [0.15, 0.2) is 28.7 Å². The first-order valence-corrected chi connectivity index (χ1v) is 6.91. The van der Waals surface area contributed by atoms with Gasteiger partial charge < -0.3 is 10.2 Å². The molecule has 5 heteroatoms. The predicted molar refractivity (Wildman–Crippen MR) is 74.2 cm³/mol. The van der Waals surface area contributed by atoms with Gasteiger partial charge in [-0.25, -0.2) is 0 Å². The lowest BCUT2D eigenvalue weighted by atomic mass is 10.2. The Kier molecular flexibility index (Phi) is 3.49. The van der Waals surface area contributed by atoms with Crippen molar-refractivity contribution in [3.63, 3.8) is 0 Å². The molecular formula is C12H11Br2NO2. The van der Waals surface area contributed by atoms with Gasteiger partial charge in [0.15, 0.2) is 5.88 Å². The first-order chi connectivity index (χ1) is 8.04. The van der Waals surface area contributed by atoms with Crippen LogP contribution in [0.4, 0.5) is 0 Å². The fourth-order valence-corrected chi connectivity index (χ4v) is 2.46. The topological polar surface area (TPSA) is 45.4 Å². The van der Waals surface area contributed by atoms with E-state index in [0.717, 1.165) is 15.7 Å². The van der Waals surface area contributed by atoms with E-state index in [1.165, 1.54) is 4.57 Å². The van der Waals surface area contributed by atoms with Gasteiger partial charge >= 0.3 is 0 Å². The van der Waals surface area contributed by atoms with Crippen LogP contribution in [0.3, 0.4) is 0 Å². The van der Waals surface area contributed by atoms with E-state index in [4.69, 9.17) is 0 Å². The first-order valence-electron chi connectivity index (χ1n) is 4.99. The maximum Gasteiger partial charge on any atom is 0.202 e. The maximum atomic E-state index is 10.0. The number of halogens is 2. The van der Waals surface area contributed by atoms with Gasteiger partial charge in [-0.1, -0.05) is 37.9 Å². The molecule has 0 amide bonds. The second-order valence-electron chi connectivity index (χ2n) is 3.75. The molecule has 0 bridgehead atoms. The zero-order chi connectivity index (χ0) is 12.6. The van der Waals surface area contributed by atoms with Crippen molar-refractivity contribution in [3.05, 3.63) is 39.9 Å². The Bertz CT molecular complexity index is 564. The molecular weight excluding hydrogens is 350 g/mol. The van der Waals surface area contributed by atoms with E-state index in [9.17, 15) is 10.2 Å². The minimum atomic E-state index is 0.0261. The van der Waals surface area contributed by atoms with Crippen molar-refractivity contribution in [2.45, 2.75) is 12.3 Å². The lowest BCUT2D eigenvalue weighted by molar-refractivity contribution is 0.401. The Labute approximate surface area is 116 Å². The van der Waals surface area contributed by atoms with Gasteiger partial charge in [-0.05, 0) is 24.6 Å². The predicted octanol–water partition coefficient (Wildman–Crippen LogP) is 3.85. The zero-order valence-electron chi connectivity index (χ0n) is 9.11. The van der Waals surface area contributed by atoms with Crippen molar-refractivity contribution in [2.75, 3.05) is 0 Å². The van der Waals surface area contributed by atoms with Crippen LogP contribution in [0.1, 0.15) is 11.1 Å². The van der Waals surface area contributed by atoms with Crippen molar-refractivity contribution in [1.82, 2.24) is 4.57 Å². The monoisotopic (exact) mass is 359 g/mol. The van der Waals surface area contributed by atoms with Gasteiger partial charge in [-0.15, -0.1) is 0 Å². The third kappa shape index (κ3) is 2.21. The number of alkyl halides is 1. The number of hydrogen-bond acceptors (Lipinski definition) is 2. The van der Waals surface area contributed by atoms with Crippen LogP contribution in [-0.4, -0.2) is 14.8 Å². The molecule has 2 aromatic rings. The molecule has 1 aromatic carbocycles. The molecule has 0 aliphatic carbocycles. The maximum absolute atomic E-state index is 10.0. The fourth-order valence-electron chi connectivity index (χ4n) is 1.70. The molecule has 1 heterocycles. The van der Waals surface area contributed by atoms with E-state index >= 15 is 0 Å². The molecule has 17 heavy (non-hydrogen) atoms. The van der Waals surface area contributed by atoms with Crippen LogP contribution in [0.5, 0.6) is 11.8 Å². The molecule has 0 radical (unpaired) electrons. The Hall–Kier alpha value is -0.940. The lowest BCUT2D eigenvalue weighted by Gasteiger charge is -2.10. The molecule has 0 saturated heterocycles. The molecule has 0 spiro atoms. The van der Waals surface area contributed by atoms with E-state index in [1.807, 2.05) is 25.1 Å². The average molecular weight is 361 g/mol. The summed E-state index contributed by atoms with van der Waals surface area (Å²) in [6.07, 6.45) is 0. The molecule has 3 nitrogen and oxygen atoms in total. The highest BCUT2D eigenvalue weighted by molar-refractivity contribution is 9.10. The number of aromatic nitrogens is 1. The van der Waals surface area contributed by atoms with Gasteiger partial charge in [0.05, 0.1) is 5.69 Å². The van der Waals surface area contributed by atoms with Gasteiger partial charge in [0.1, 0.15) is 0 Å². The third-order valence-electron chi connectivity index (χ3n) is 2.59. The van der Waals surface area contributed by atoms with E-state index in [0.29, 0.717) is 10.9 Å². The number of aryl methyl sites for hydroxylation is 1. The number of benzene rings is 1. The van der Waals surface area contributed by atoms with Crippen molar-refractivity contribution in [2.24, 2.45) is 0 Å². The van der Waals surface area contributed by atoms with Gasteiger partial charge in [0.2, 0.25) is 5.88 Å². The quantitative estimate of drug-likeness (QED) is 0.799. The molecule has 0 aliphatic heterocycles. The van der Waals surface area contributed by atoms with Crippen LogP contribution >= 0.6 is 31.9 Å². The van der Waals surface area contributed by atoms with Crippen molar-refractivity contribution in [3.8, 4) is 17.4 Å². The zero-order valence-corrected chi connectivity index (χ0v) is 12.3. The summed E-state index contributed by atoms with van der Waals surface area (Å²) in [6, 6.07) is 7.24. The van der Waals surface area contributed by atoms with Gasteiger partial charge in [0.25, 0.3) is 0 Å². The molecule has 0 aliphatic rings. The molecule has 1 aromatic heterocycles. The lowest BCUT2D eigenvalue weighted by Crippen LogP contribution is -1.96. The van der Waals surface area contributed by atoms with Gasteiger partial charge in [0, 0.05) is 21.4 Å². The van der Waals surface area contributed by atoms with Crippen LogP contribution in [0.2, 0.25) is 0 Å². The highest BCUT2D eigenvalue weighted by Gasteiger charge is 2.16. The molecule has 0 unspecified atom stereocenters. The Morgan fingerprint density at radius 2 is 1.94 bits per heavy atom. The third-order valence-corrected chi connectivity index (χ3v) is 3.68. The highest BCUT2D eigenvalue weighted by Crippen LogP contribution is 2.34. The minimum absolute atomic E-state index is 0.0261. The van der Waals surface area contributed by atoms with Crippen LogP contribution in [0.25, 0.3) is 5.69 Å². The normalized spacial score (nSPS) is 10.8. The second kappa shape index (κ2) is 4.74. The second-order valence-corrected chi connectivity index (χ2v) is 5.23. The first kappa shape index (κ1) is 12.5. The van der Waals surface area contributed by atoms with Gasteiger partial charge in [-0.2, -0.15) is 0 Å². The minimum Gasteiger partial charge on any atom is -0.494 e. The van der Waals surface area contributed by atoms with E-state index in [2.05, 4.69) is 31.9 Å². The number of nitrogens with zero attached hydrogens (tertiary/aromatic N) is 1. The molecule has 0 atom stereocenters. The summed E-state index contributed by atoms with van der Waals surface area (Å²) < 4.78 is 2.32. The SMILES string of the molecule is Cc1ccc(Br)cc1-n1c(O)cc(CBr)c1O.